The molecule has 120 valence electrons. The van der Waals surface area contributed by atoms with Crippen molar-refractivity contribution in [1.82, 2.24) is 20.3 Å². The molecule has 7 nitrogen and oxygen atoms in total. The van der Waals surface area contributed by atoms with Crippen molar-refractivity contribution in [3.8, 4) is 0 Å². The molecule has 0 bridgehead atoms. The van der Waals surface area contributed by atoms with E-state index in [0.29, 0.717) is 19.0 Å². The number of pyridine rings is 1. The Hall–Kier alpha value is -2.61. The second-order valence-electron chi connectivity index (χ2n) is 5.00. The summed E-state index contributed by atoms with van der Waals surface area (Å²) in [5, 5.41) is 2.66. The summed E-state index contributed by atoms with van der Waals surface area (Å²) >= 11 is 0. The molecule has 0 atom stereocenters. The quantitative estimate of drug-likeness (QED) is 0.897. The first-order valence-corrected chi connectivity index (χ1v) is 7.26. The fraction of sp³-hybridized carbons (Fsp3) is 0.333. The number of hydrogen-bond acceptors (Lipinski definition) is 6. The summed E-state index contributed by atoms with van der Waals surface area (Å²) in [7, 11) is 0. The molecule has 2 aromatic rings. The highest BCUT2D eigenvalue weighted by Crippen LogP contribution is 2.11. The van der Waals surface area contributed by atoms with Crippen LogP contribution in [0.2, 0.25) is 0 Å². The molecular formula is C15H16FN5O2. The predicted octanol–water partition coefficient (Wildman–Crippen LogP) is 0.777. The van der Waals surface area contributed by atoms with Gasteiger partial charge in [0, 0.05) is 25.5 Å². The van der Waals surface area contributed by atoms with E-state index in [9.17, 15) is 9.18 Å². The topological polar surface area (TPSA) is 80.2 Å². The Labute approximate surface area is 132 Å². The van der Waals surface area contributed by atoms with Gasteiger partial charge in [-0.2, -0.15) is 0 Å². The molecule has 2 aromatic heterocycles. The highest BCUT2D eigenvalue weighted by Gasteiger charge is 2.13. The average molecular weight is 317 g/mol. The van der Waals surface area contributed by atoms with E-state index >= 15 is 0 Å². The second kappa shape index (κ2) is 7.10. The lowest BCUT2D eigenvalue weighted by Gasteiger charge is -2.27. The zero-order valence-electron chi connectivity index (χ0n) is 12.4. The summed E-state index contributed by atoms with van der Waals surface area (Å²) in [6.45, 7) is 3.05. The molecule has 0 spiro atoms. The molecule has 8 heteroatoms. The number of ether oxygens (including phenoxy) is 1. The third-order valence-electron chi connectivity index (χ3n) is 3.40. The number of halogens is 1. The standard InChI is InChI=1S/C15H16FN5O2/c16-12-7-11(8-17-9-12)15(22)19-10-13-18-2-1-14(20-13)21-3-5-23-6-4-21/h1-2,7-9H,3-6,10H2,(H,19,22). The lowest BCUT2D eigenvalue weighted by Crippen LogP contribution is -2.37. The highest BCUT2D eigenvalue weighted by atomic mass is 19.1. The maximum atomic E-state index is 13.1. The van der Waals surface area contributed by atoms with Gasteiger partial charge in [-0.05, 0) is 12.1 Å². The van der Waals surface area contributed by atoms with Crippen molar-refractivity contribution in [3.05, 3.63) is 47.9 Å². The van der Waals surface area contributed by atoms with Crippen molar-refractivity contribution in [1.29, 1.82) is 0 Å². The normalized spacial score (nSPS) is 14.6. The molecule has 0 aromatic carbocycles. The summed E-state index contributed by atoms with van der Waals surface area (Å²) in [6, 6.07) is 2.96. The fourth-order valence-electron chi connectivity index (χ4n) is 2.24. The summed E-state index contributed by atoms with van der Waals surface area (Å²) in [6.07, 6.45) is 4.01. The number of hydrogen-bond donors (Lipinski definition) is 1. The van der Waals surface area contributed by atoms with Gasteiger partial charge < -0.3 is 15.0 Å². The van der Waals surface area contributed by atoms with E-state index < -0.39 is 11.7 Å². The molecule has 0 radical (unpaired) electrons. The first-order chi connectivity index (χ1) is 11.2. The predicted molar refractivity (Wildman–Crippen MR) is 80.4 cm³/mol. The van der Waals surface area contributed by atoms with Gasteiger partial charge in [0.15, 0.2) is 0 Å². The SMILES string of the molecule is O=C(NCc1nccc(N2CCOCC2)n1)c1cncc(F)c1. The number of carbonyl (C=O) groups excluding carboxylic acids is 1. The molecule has 1 saturated heterocycles. The number of aromatic nitrogens is 3. The van der Waals surface area contributed by atoms with Crippen LogP contribution in [0.1, 0.15) is 16.2 Å². The van der Waals surface area contributed by atoms with Crippen LogP contribution in [0.15, 0.2) is 30.7 Å². The lowest BCUT2D eigenvalue weighted by atomic mass is 10.2. The number of anilines is 1. The zero-order chi connectivity index (χ0) is 16.1. The third kappa shape index (κ3) is 3.98. The van der Waals surface area contributed by atoms with E-state index in [4.69, 9.17) is 4.74 Å². The smallest absolute Gasteiger partial charge is 0.253 e. The van der Waals surface area contributed by atoms with Crippen molar-refractivity contribution >= 4 is 11.7 Å². The number of carbonyl (C=O) groups is 1. The lowest BCUT2D eigenvalue weighted by molar-refractivity contribution is 0.0949. The van der Waals surface area contributed by atoms with E-state index in [1.54, 1.807) is 6.20 Å². The van der Waals surface area contributed by atoms with Crippen molar-refractivity contribution in [2.45, 2.75) is 6.54 Å². The largest absolute Gasteiger partial charge is 0.378 e. The molecule has 0 saturated carbocycles. The Morgan fingerprint density at radius 3 is 2.96 bits per heavy atom. The highest BCUT2D eigenvalue weighted by molar-refractivity contribution is 5.93. The molecule has 3 heterocycles. The average Bonchev–Trinajstić information content (AvgIpc) is 2.61. The Kier molecular flexibility index (Phi) is 4.72. The summed E-state index contributed by atoms with van der Waals surface area (Å²) in [4.78, 5) is 26.3. The van der Waals surface area contributed by atoms with Crippen LogP contribution in [0, 0.1) is 5.82 Å². The molecule has 1 N–H and O–H groups in total. The van der Waals surface area contributed by atoms with Crippen LogP contribution in [-0.2, 0) is 11.3 Å². The molecule has 1 fully saturated rings. The summed E-state index contributed by atoms with van der Waals surface area (Å²) in [5.41, 5.74) is 0.161. The van der Waals surface area contributed by atoms with Crippen LogP contribution in [0.3, 0.4) is 0 Å². The van der Waals surface area contributed by atoms with Gasteiger partial charge in [-0.15, -0.1) is 0 Å². The van der Waals surface area contributed by atoms with Crippen molar-refractivity contribution in [2.24, 2.45) is 0 Å². The van der Waals surface area contributed by atoms with E-state index in [2.05, 4.69) is 25.2 Å². The minimum Gasteiger partial charge on any atom is -0.378 e. The number of morpholine rings is 1. The minimum absolute atomic E-state index is 0.160. The van der Waals surface area contributed by atoms with Gasteiger partial charge in [0.05, 0.1) is 31.5 Å². The second-order valence-corrected chi connectivity index (χ2v) is 5.00. The van der Waals surface area contributed by atoms with Gasteiger partial charge in [0.2, 0.25) is 0 Å². The number of nitrogens with zero attached hydrogens (tertiary/aromatic N) is 4. The number of amides is 1. The van der Waals surface area contributed by atoms with Crippen molar-refractivity contribution in [3.63, 3.8) is 0 Å². The molecule has 23 heavy (non-hydrogen) atoms. The Morgan fingerprint density at radius 2 is 2.17 bits per heavy atom. The van der Waals surface area contributed by atoms with Crippen LogP contribution in [0.5, 0.6) is 0 Å². The van der Waals surface area contributed by atoms with Crippen LogP contribution in [-0.4, -0.2) is 47.2 Å². The van der Waals surface area contributed by atoms with Gasteiger partial charge >= 0.3 is 0 Å². The maximum absolute atomic E-state index is 13.1. The van der Waals surface area contributed by atoms with Gasteiger partial charge in [0.1, 0.15) is 17.5 Å². The van der Waals surface area contributed by atoms with E-state index in [0.717, 1.165) is 31.2 Å². The Bertz CT molecular complexity index is 691. The molecular weight excluding hydrogens is 301 g/mol. The summed E-state index contributed by atoms with van der Waals surface area (Å²) in [5.74, 6) is 0.326. The first kappa shape index (κ1) is 15.3. The van der Waals surface area contributed by atoms with Crippen LogP contribution in [0.25, 0.3) is 0 Å². The van der Waals surface area contributed by atoms with Gasteiger partial charge in [-0.3, -0.25) is 9.78 Å². The molecule has 1 amide bonds. The number of nitrogens with one attached hydrogen (secondary N) is 1. The molecule has 0 unspecified atom stereocenters. The third-order valence-corrected chi connectivity index (χ3v) is 3.40. The molecule has 3 rings (SSSR count). The van der Waals surface area contributed by atoms with E-state index in [1.807, 2.05) is 6.07 Å². The Morgan fingerprint density at radius 1 is 1.35 bits per heavy atom. The van der Waals surface area contributed by atoms with Crippen LogP contribution in [0.4, 0.5) is 10.2 Å². The van der Waals surface area contributed by atoms with Crippen molar-refractivity contribution < 1.29 is 13.9 Å². The van der Waals surface area contributed by atoms with Gasteiger partial charge in [-0.1, -0.05) is 0 Å². The Balaban J connectivity index is 1.63. The van der Waals surface area contributed by atoms with Crippen LogP contribution < -0.4 is 10.2 Å². The minimum atomic E-state index is -0.553. The monoisotopic (exact) mass is 317 g/mol. The fourth-order valence-corrected chi connectivity index (χ4v) is 2.24. The van der Waals surface area contributed by atoms with Gasteiger partial charge in [-0.25, -0.2) is 14.4 Å². The molecule has 0 aliphatic carbocycles. The molecule has 1 aliphatic heterocycles. The first-order valence-electron chi connectivity index (χ1n) is 7.26. The van der Waals surface area contributed by atoms with E-state index in [-0.39, 0.29) is 12.1 Å². The van der Waals surface area contributed by atoms with Gasteiger partial charge in [0.25, 0.3) is 5.91 Å². The maximum Gasteiger partial charge on any atom is 0.253 e. The summed E-state index contributed by atoms with van der Waals surface area (Å²) < 4.78 is 18.4. The van der Waals surface area contributed by atoms with E-state index in [1.165, 1.54) is 6.20 Å². The van der Waals surface area contributed by atoms with Crippen LogP contribution >= 0.6 is 0 Å². The molecule has 1 aliphatic rings. The number of rotatable bonds is 4. The zero-order valence-corrected chi connectivity index (χ0v) is 12.4. The van der Waals surface area contributed by atoms with Crippen molar-refractivity contribution in [2.75, 3.05) is 31.2 Å².